The van der Waals surface area contributed by atoms with E-state index in [-0.39, 0.29) is 17.1 Å². The van der Waals surface area contributed by atoms with Crippen LogP contribution in [0.2, 0.25) is 0 Å². The number of hydrogen-bond acceptors (Lipinski definition) is 7. The number of anilines is 1. The van der Waals surface area contributed by atoms with Gasteiger partial charge in [0.05, 0.1) is 18.3 Å². The zero-order valence-corrected chi connectivity index (χ0v) is 16.1. The average molecular weight is 388 g/mol. The quantitative estimate of drug-likeness (QED) is 0.350. The minimum atomic E-state index is -3.87. The number of rotatable bonds is 10. The van der Waals surface area contributed by atoms with Crippen molar-refractivity contribution in [2.45, 2.75) is 6.42 Å². The van der Waals surface area contributed by atoms with Gasteiger partial charge >= 0.3 is 0 Å². The Kier molecular flexibility index (Phi) is 7.77. The maximum absolute atomic E-state index is 12.1. The highest BCUT2D eigenvalue weighted by Crippen LogP contribution is 2.33. The summed E-state index contributed by atoms with van der Waals surface area (Å²) >= 11 is 0. The Hall–Kier alpha value is -2.40. The molecule has 1 aromatic carbocycles. The van der Waals surface area contributed by atoms with Crippen molar-refractivity contribution in [2.75, 3.05) is 51.4 Å². The first-order valence-corrected chi connectivity index (χ1v) is 9.62. The van der Waals surface area contributed by atoms with Crippen LogP contribution in [-0.2, 0) is 14.8 Å². The number of amides is 1. The lowest BCUT2D eigenvalue weighted by Gasteiger charge is -2.23. The molecular formula is C15H24N4O6S. The molecule has 0 spiro atoms. The van der Waals surface area contributed by atoms with Gasteiger partial charge in [-0.25, -0.2) is 8.42 Å². The van der Waals surface area contributed by atoms with Gasteiger partial charge in [-0.1, -0.05) is 0 Å². The summed E-state index contributed by atoms with van der Waals surface area (Å²) in [4.78, 5) is 24.4. The van der Waals surface area contributed by atoms with Gasteiger partial charge in [0.25, 0.3) is 5.69 Å². The standard InChI is InChI=1S/C15H24N4O6S/c1-17(2)9-5-8-16-15(20)11-18(26(4,23)24)13-10-12(19(21)22)6-7-14(13)25-3/h6-7,10H,5,8-9,11H2,1-4H3,(H,16,20). The number of nitrogens with zero attached hydrogens (tertiary/aromatic N) is 3. The van der Waals surface area contributed by atoms with Crippen LogP contribution in [0.4, 0.5) is 11.4 Å². The predicted molar refractivity (Wildman–Crippen MR) is 98.0 cm³/mol. The summed E-state index contributed by atoms with van der Waals surface area (Å²) in [5.74, 6) is -0.399. The number of nitro groups is 1. The fourth-order valence-corrected chi connectivity index (χ4v) is 3.03. The maximum atomic E-state index is 12.1. The van der Waals surface area contributed by atoms with Crippen LogP contribution >= 0.6 is 0 Å². The highest BCUT2D eigenvalue weighted by molar-refractivity contribution is 7.92. The molecule has 0 unspecified atom stereocenters. The number of carbonyl (C=O) groups is 1. The van der Waals surface area contributed by atoms with E-state index in [9.17, 15) is 23.3 Å². The van der Waals surface area contributed by atoms with Gasteiger partial charge in [-0.3, -0.25) is 19.2 Å². The molecule has 1 amide bonds. The molecule has 1 aromatic rings. The molecule has 0 atom stereocenters. The first kappa shape index (κ1) is 21.6. The molecule has 26 heavy (non-hydrogen) atoms. The summed E-state index contributed by atoms with van der Waals surface area (Å²) in [5, 5.41) is 13.6. The second kappa shape index (κ2) is 9.34. The van der Waals surface area contributed by atoms with Crippen molar-refractivity contribution >= 4 is 27.3 Å². The van der Waals surface area contributed by atoms with Crippen LogP contribution in [0.1, 0.15) is 6.42 Å². The fraction of sp³-hybridized carbons (Fsp3) is 0.533. The third-order valence-electron chi connectivity index (χ3n) is 3.43. The monoisotopic (exact) mass is 388 g/mol. The zero-order chi connectivity index (χ0) is 19.9. The summed E-state index contributed by atoms with van der Waals surface area (Å²) in [6.07, 6.45) is 1.63. The summed E-state index contributed by atoms with van der Waals surface area (Å²) in [7, 11) is 1.25. The second-order valence-electron chi connectivity index (χ2n) is 5.89. The van der Waals surface area contributed by atoms with Crippen LogP contribution in [-0.4, -0.2) is 71.2 Å². The number of nitrogens with one attached hydrogen (secondary N) is 1. The number of hydrogen-bond donors (Lipinski definition) is 1. The van der Waals surface area contributed by atoms with Gasteiger partial charge in [0.15, 0.2) is 0 Å². The van der Waals surface area contributed by atoms with Crippen molar-refractivity contribution in [1.29, 1.82) is 0 Å². The van der Waals surface area contributed by atoms with Crippen LogP contribution in [0.3, 0.4) is 0 Å². The molecule has 0 saturated carbocycles. The van der Waals surface area contributed by atoms with Crippen molar-refractivity contribution in [3.63, 3.8) is 0 Å². The number of ether oxygens (including phenoxy) is 1. The molecule has 1 rings (SSSR count). The van der Waals surface area contributed by atoms with E-state index in [0.717, 1.165) is 23.2 Å². The predicted octanol–water partition coefficient (Wildman–Crippen LogP) is 0.437. The van der Waals surface area contributed by atoms with E-state index < -0.39 is 27.4 Å². The van der Waals surface area contributed by atoms with Crippen LogP contribution in [0.25, 0.3) is 0 Å². The third-order valence-corrected chi connectivity index (χ3v) is 4.56. The summed E-state index contributed by atoms with van der Waals surface area (Å²) < 4.78 is 30.2. The third kappa shape index (κ3) is 6.48. The number of nitro benzene ring substituents is 1. The maximum Gasteiger partial charge on any atom is 0.271 e. The zero-order valence-electron chi connectivity index (χ0n) is 15.3. The molecule has 0 aliphatic rings. The van der Waals surface area contributed by atoms with E-state index in [0.29, 0.717) is 13.0 Å². The van der Waals surface area contributed by atoms with E-state index in [1.165, 1.54) is 19.2 Å². The Morgan fingerprint density at radius 1 is 1.35 bits per heavy atom. The summed E-state index contributed by atoms with van der Waals surface area (Å²) in [6, 6.07) is 3.56. The topological polar surface area (TPSA) is 122 Å². The lowest BCUT2D eigenvalue weighted by atomic mass is 10.2. The number of methoxy groups -OCH3 is 1. The molecule has 11 heteroatoms. The molecule has 0 fully saturated rings. The number of sulfonamides is 1. The number of benzene rings is 1. The van der Waals surface area contributed by atoms with E-state index in [1.807, 2.05) is 19.0 Å². The molecule has 0 aromatic heterocycles. The molecule has 0 heterocycles. The number of carbonyl (C=O) groups excluding carboxylic acids is 1. The Balaban J connectivity index is 3.03. The average Bonchev–Trinajstić information content (AvgIpc) is 2.54. The Bertz CT molecular complexity index is 751. The molecule has 10 nitrogen and oxygen atoms in total. The van der Waals surface area contributed by atoms with Crippen LogP contribution in [0.15, 0.2) is 18.2 Å². The Morgan fingerprint density at radius 2 is 2.00 bits per heavy atom. The molecule has 0 aliphatic carbocycles. The first-order chi connectivity index (χ1) is 12.1. The van der Waals surface area contributed by atoms with E-state index in [2.05, 4.69) is 5.32 Å². The lowest BCUT2D eigenvalue weighted by molar-refractivity contribution is -0.384. The molecule has 0 saturated heterocycles. The van der Waals surface area contributed by atoms with Gasteiger partial charge in [0.1, 0.15) is 18.0 Å². The summed E-state index contributed by atoms with van der Waals surface area (Å²) in [5.41, 5.74) is -0.367. The smallest absolute Gasteiger partial charge is 0.271 e. The number of non-ortho nitro benzene ring substituents is 1. The lowest BCUT2D eigenvalue weighted by Crippen LogP contribution is -2.41. The van der Waals surface area contributed by atoms with Crippen molar-refractivity contribution in [3.8, 4) is 5.75 Å². The van der Waals surface area contributed by atoms with Crippen LogP contribution in [0, 0.1) is 10.1 Å². The van der Waals surface area contributed by atoms with Crippen molar-refractivity contribution in [1.82, 2.24) is 10.2 Å². The van der Waals surface area contributed by atoms with Gasteiger partial charge in [-0.15, -0.1) is 0 Å². The van der Waals surface area contributed by atoms with Crippen LogP contribution < -0.4 is 14.4 Å². The second-order valence-corrected chi connectivity index (χ2v) is 7.80. The van der Waals surface area contributed by atoms with Crippen molar-refractivity contribution < 1.29 is 22.9 Å². The first-order valence-electron chi connectivity index (χ1n) is 7.78. The van der Waals surface area contributed by atoms with Crippen molar-refractivity contribution in [3.05, 3.63) is 28.3 Å². The minimum Gasteiger partial charge on any atom is -0.495 e. The van der Waals surface area contributed by atoms with Gasteiger partial charge in [0.2, 0.25) is 15.9 Å². The SMILES string of the molecule is COc1ccc([N+](=O)[O-])cc1N(CC(=O)NCCCN(C)C)S(C)(=O)=O. The van der Waals surface area contributed by atoms with Crippen LogP contribution in [0.5, 0.6) is 5.75 Å². The molecule has 0 radical (unpaired) electrons. The molecule has 0 bridgehead atoms. The molecule has 1 N–H and O–H groups in total. The molecule has 0 aliphatic heterocycles. The Labute approximate surface area is 152 Å². The minimum absolute atomic E-state index is 0.0624. The van der Waals surface area contributed by atoms with Gasteiger partial charge in [0, 0.05) is 18.7 Å². The highest BCUT2D eigenvalue weighted by atomic mass is 32.2. The Morgan fingerprint density at radius 3 is 2.50 bits per heavy atom. The molecular weight excluding hydrogens is 364 g/mol. The van der Waals surface area contributed by atoms with Crippen molar-refractivity contribution in [2.24, 2.45) is 0 Å². The van der Waals surface area contributed by atoms with E-state index in [1.54, 1.807) is 0 Å². The summed E-state index contributed by atoms with van der Waals surface area (Å²) in [6.45, 7) is 0.661. The highest BCUT2D eigenvalue weighted by Gasteiger charge is 2.26. The van der Waals surface area contributed by atoms with E-state index in [4.69, 9.17) is 4.74 Å². The van der Waals surface area contributed by atoms with Gasteiger partial charge in [-0.05, 0) is 33.1 Å². The van der Waals surface area contributed by atoms with Gasteiger partial charge < -0.3 is 15.0 Å². The fourth-order valence-electron chi connectivity index (χ4n) is 2.18. The largest absolute Gasteiger partial charge is 0.495 e. The van der Waals surface area contributed by atoms with Gasteiger partial charge in [-0.2, -0.15) is 0 Å². The molecule has 146 valence electrons. The van der Waals surface area contributed by atoms with E-state index >= 15 is 0 Å². The normalized spacial score (nSPS) is 11.3.